The van der Waals surface area contributed by atoms with Crippen molar-refractivity contribution in [1.29, 1.82) is 0 Å². The second-order valence-electron chi connectivity index (χ2n) is 5.11. The summed E-state index contributed by atoms with van der Waals surface area (Å²) in [6.45, 7) is 1.00. The summed E-state index contributed by atoms with van der Waals surface area (Å²) >= 11 is 0. The molecule has 3 unspecified atom stereocenters. The number of fused-ring (bicyclic) bond motifs is 2. The number of rotatable bonds is 2. The molecule has 3 aliphatic rings. The molecule has 6 nitrogen and oxygen atoms in total. The van der Waals surface area contributed by atoms with Crippen LogP contribution in [0.2, 0.25) is 0 Å². The molecule has 0 radical (unpaired) electrons. The molecule has 1 aromatic rings. The molecule has 106 valence electrons. The van der Waals surface area contributed by atoms with Crippen molar-refractivity contribution < 1.29 is 28.5 Å². The number of cyclic esters (lactones) is 1. The van der Waals surface area contributed by atoms with Gasteiger partial charge >= 0.3 is 5.97 Å². The fourth-order valence-electron chi connectivity index (χ4n) is 3.05. The van der Waals surface area contributed by atoms with Crippen LogP contribution in [0.3, 0.4) is 0 Å². The number of methoxy groups -OCH3 is 1. The molecule has 2 fully saturated rings. The third-order valence-corrected chi connectivity index (χ3v) is 4.09. The molecular formula is C14H14O6. The van der Waals surface area contributed by atoms with E-state index in [0.717, 1.165) is 5.56 Å². The molecule has 4 rings (SSSR count). The topological polar surface area (TPSA) is 63.2 Å². The van der Waals surface area contributed by atoms with Gasteiger partial charge in [0.25, 0.3) is 0 Å². The molecule has 0 amide bonds. The van der Waals surface area contributed by atoms with Gasteiger partial charge in [-0.1, -0.05) is 0 Å². The Kier molecular flexibility index (Phi) is 2.53. The maximum Gasteiger partial charge on any atom is 0.311 e. The minimum Gasteiger partial charge on any atom is -0.493 e. The van der Waals surface area contributed by atoms with Gasteiger partial charge in [0.15, 0.2) is 11.5 Å². The highest BCUT2D eigenvalue weighted by molar-refractivity contribution is 5.75. The smallest absolute Gasteiger partial charge is 0.311 e. The highest BCUT2D eigenvalue weighted by Gasteiger charge is 2.48. The van der Waals surface area contributed by atoms with E-state index in [0.29, 0.717) is 30.5 Å². The van der Waals surface area contributed by atoms with Crippen molar-refractivity contribution in [2.75, 3.05) is 27.1 Å². The Morgan fingerprint density at radius 3 is 2.95 bits per heavy atom. The molecule has 0 spiro atoms. The van der Waals surface area contributed by atoms with E-state index in [-0.39, 0.29) is 30.7 Å². The van der Waals surface area contributed by atoms with Gasteiger partial charge in [-0.25, -0.2) is 0 Å². The Morgan fingerprint density at radius 2 is 2.10 bits per heavy atom. The molecule has 20 heavy (non-hydrogen) atoms. The van der Waals surface area contributed by atoms with Crippen molar-refractivity contribution >= 4 is 5.97 Å². The van der Waals surface area contributed by atoms with Gasteiger partial charge in [-0.05, 0) is 17.7 Å². The van der Waals surface area contributed by atoms with E-state index in [1.54, 1.807) is 7.11 Å². The third kappa shape index (κ3) is 1.57. The average molecular weight is 278 g/mol. The number of carbonyl (C=O) groups is 1. The van der Waals surface area contributed by atoms with Crippen molar-refractivity contribution in [2.45, 2.75) is 6.10 Å². The van der Waals surface area contributed by atoms with Crippen molar-refractivity contribution in [2.24, 2.45) is 11.8 Å². The fraction of sp³-hybridized carbons (Fsp3) is 0.500. The van der Waals surface area contributed by atoms with Gasteiger partial charge in [0, 0.05) is 5.92 Å². The van der Waals surface area contributed by atoms with E-state index in [1.165, 1.54) is 0 Å². The highest BCUT2D eigenvalue weighted by atomic mass is 16.7. The van der Waals surface area contributed by atoms with Crippen molar-refractivity contribution in [3.8, 4) is 17.2 Å². The molecule has 3 aliphatic heterocycles. The highest BCUT2D eigenvalue weighted by Crippen LogP contribution is 2.48. The zero-order chi connectivity index (χ0) is 13.7. The monoisotopic (exact) mass is 278 g/mol. The molecule has 1 aromatic carbocycles. The predicted octanol–water partition coefficient (Wildman–Crippen LogP) is 1.28. The molecule has 0 saturated carbocycles. The molecule has 6 heteroatoms. The Morgan fingerprint density at radius 1 is 1.20 bits per heavy atom. The number of hydrogen-bond acceptors (Lipinski definition) is 6. The maximum atomic E-state index is 11.6. The van der Waals surface area contributed by atoms with Crippen LogP contribution >= 0.6 is 0 Å². The van der Waals surface area contributed by atoms with Gasteiger partial charge < -0.3 is 23.7 Å². The van der Waals surface area contributed by atoms with E-state index < -0.39 is 0 Å². The Bertz CT molecular complexity index is 569. The molecular weight excluding hydrogens is 264 g/mol. The summed E-state index contributed by atoms with van der Waals surface area (Å²) in [5.74, 6) is 1.63. The SMILES string of the molecule is COc1cc(C2OCC3C(=O)OCC32)cc2c1OCO2. The molecule has 0 N–H and O–H groups in total. The fourth-order valence-corrected chi connectivity index (χ4v) is 3.05. The molecule has 3 heterocycles. The lowest BCUT2D eigenvalue weighted by molar-refractivity contribution is -0.142. The van der Waals surface area contributed by atoms with Crippen LogP contribution in [0.15, 0.2) is 12.1 Å². The molecule has 0 aliphatic carbocycles. The van der Waals surface area contributed by atoms with E-state index >= 15 is 0 Å². The first-order chi connectivity index (χ1) is 9.78. The van der Waals surface area contributed by atoms with E-state index in [2.05, 4.69) is 0 Å². The lowest BCUT2D eigenvalue weighted by Crippen LogP contribution is -2.14. The Hall–Kier alpha value is -1.95. The van der Waals surface area contributed by atoms with Gasteiger partial charge in [0.1, 0.15) is 0 Å². The van der Waals surface area contributed by atoms with Crippen LogP contribution in [0.25, 0.3) is 0 Å². The second kappa shape index (κ2) is 4.28. The maximum absolute atomic E-state index is 11.6. The average Bonchev–Trinajstić information content (AvgIpc) is 3.15. The molecule has 0 bridgehead atoms. The number of ether oxygens (including phenoxy) is 5. The third-order valence-electron chi connectivity index (χ3n) is 4.09. The number of esters is 1. The molecule has 2 saturated heterocycles. The summed E-state index contributed by atoms with van der Waals surface area (Å²) in [7, 11) is 1.58. The van der Waals surface area contributed by atoms with Crippen LogP contribution in [-0.4, -0.2) is 33.1 Å². The quantitative estimate of drug-likeness (QED) is 0.759. The first kappa shape index (κ1) is 11.8. The van der Waals surface area contributed by atoms with E-state index in [4.69, 9.17) is 23.7 Å². The van der Waals surface area contributed by atoms with Gasteiger partial charge in [0.2, 0.25) is 12.5 Å². The number of hydrogen-bond donors (Lipinski definition) is 0. The van der Waals surface area contributed by atoms with E-state index in [9.17, 15) is 4.79 Å². The van der Waals surface area contributed by atoms with Gasteiger partial charge in [-0.2, -0.15) is 0 Å². The van der Waals surface area contributed by atoms with Crippen LogP contribution in [0.4, 0.5) is 0 Å². The summed E-state index contributed by atoms with van der Waals surface area (Å²) in [4.78, 5) is 11.6. The van der Waals surface area contributed by atoms with Crippen LogP contribution in [0.1, 0.15) is 11.7 Å². The minimum absolute atomic E-state index is 0.0626. The van der Waals surface area contributed by atoms with Crippen molar-refractivity contribution in [1.82, 2.24) is 0 Å². The largest absolute Gasteiger partial charge is 0.493 e. The Labute approximate surface area is 115 Å². The minimum atomic E-state index is -0.171. The van der Waals surface area contributed by atoms with Crippen molar-refractivity contribution in [3.05, 3.63) is 17.7 Å². The lowest BCUT2D eigenvalue weighted by Gasteiger charge is -2.17. The van der Waals surface area contributed by atoms with Crippen LogP contribution in [0.5, 0.6) is 17.2 Å². The van der Waals surface area contributed by atoms with E-state index in [1.807, 2.05) is 12.1 Å². The van der Waals surface area contributed by atoms with Gasteiger partial charge in [-0.15, -0.1) is 0 Å². The number of benzene rings is 1. The summed E-state index contributed by atoms with van der Waals surface area (Å²) in [5.41, 5.74) is 0.928. The normalized spacial score (nSPS) is 30.2. The molecule has 3 atom stereocenters. The first-order valence-corrected chi connectivity index (χ1v) is 6.53. The zero-order valence-electron chi connectivity index (χ0n) is 11.0. The summed E-state index contributed by atoms with van der Waals surface area (Å²) in [6.07, 6.45) is -0.171. The second-order valence-corrected chi connectivity index (χ2v) is 5.11. The number of carbonyl (C=O) groups excluding carboxylic acids is 1. The molecule has 0 aromatic heterocycles. The summed E-state index contributed by atoms with van der Waals surface area (Å²) in [6, 6.07) is 3.77. The standard InChI is InChI=1S/C14H14O6/c1-16-10-2-7(3-11-13(10)20-6-19-11)12-8-4-18-14(15)9(8)5-17-12/h2-3,8-9,12H,4-6H2,1H3. The van der Waals surface area contributed by atoms with Crippen LogP contribution in [-0.2, 0) is 14.3 Å². The van der Waals surface area contributed by atoms with Crippen molar-refractivity contribution in [3.63, 3.8) is 0 Å². The van der Waals surface area contributed by atoms with Crippen LogP contribution in [0, 0.1) is 11.8 Å². The summed E-state index contributed by atoms with van der Waals surface area (Å²) < 4.78 is 27.0. The van der Waals surface area contributed by atoms with Gasteiger partial charge in [-0.3, -0.25) is 4.79 Å². The van der Waals surface area contributed by atoms with Gasteiger partial charge in [0.05, 0.1) is 32.3 Å². The van der Waals surface area contributed by atoms with Crippen LogP contribution < -0.4 is 14.2 Å². The predicted molar refractivity (Wildman–Crippen MR) is 65.7 cm³/mol. The first-order valence-electron chi connectivity index (χ1n) is 6.53. The summed E-state index contributed by atoms with van der Waals surface area (Å²) in [5, 5.41) is 0. The lowest BCUT2D eigenvalue weighted by atomic mass is 9.90. The Balaban J connectivity index is 1.71. The zero-order valence-corrected chi connectivity index (χ0v) is 11.0.